The molecule has 0 aliphatic heterocycles. The number of ether oxygens (including phenoxy) is 4. The summed E-state index contributed by atoms with van der Waals surface area (Å²) in [4.78, 5) is 14.9. The average Bonchev–Trinajstić information content (AvgIpc) is 3.29. The smallest absolute Gasteiger partial charge is 0.410 e. The van der Waals surface area contributed by atoms with Crippen LogP contribution >= 0.6 is 0 Å². The molecule has 0 saturated heterocycles. The Labute approximate surface area is 247 Å². The van der Waals surface area contributed by atoms with E-state index >= 15 is 0 Å². The highest BCUT2D eigenvalue weighted by atomic mass is 16.6. The third-order valence-corrected chi connectivity index (χ3v) is 7.91. The van der Waals surface area contributed by atoms with Crippen molar-refractivity contribution < 1.29 is 28.8 Å². The monoisotopic (exact) mass is 569 g/mol. The molecule has 2 aromatic rings. The number of aliphatic hydroxyl groups is 1. The molecule has 1 aliphatic carbocycles. The molecule has 3 rings (SSSR count). The number of likely N-dealkylation sites (N-methyl/N-ethyl adjacent to an activating group) is 1. The van der Waals surface area contributed by atoms with Gasteiger partial charge in [-0.1, -0.05) is 87.4 Å². The fourth-order valence-electron chi connectivity index (χ4n) is 5.18. The van der Waals surface area contributed by atoms with Gasteiger partial charge in [-0.25, -0.2) is 4.79 Å². The molecule has 1 fully saturated rings. The third kappa shape index (κ3) is 10.1. The zero-order valence-corrected chi connectivity index (χ0v) is 26.0. The van der Waals surface area contributed by atoms with Crippen LogP contribution in [0.3, 0.4) is 0 Å². The van der Waals surface area contributed by atoms with E-state index in [9.17, 15) is 9.90 Å². The minimum Gasteiger partial charge on any atom is -0.444 e. The maximum absolute atomic E-state index is 13.3. The summed E-state index contributed by atoms with van der Waals surface area (Å²) >= 11 is 0. The topological polar surface area (TPSA) is 77.5 Å². The zero-order valence-electron chi connectivity index (χ0n) is 26.0. The van der Waals surface area contributed by atoms with Crippen molar-refractivity contribution in [2.45, 2.75) is 116 Å². The molecule has 0 heterocycles. The number of rotatable bonds is 14. The Kier molecular flexibility index (Phi) is 12.2. The molecule has 2 unspecified atom stereocenters. The second kappa shape index (κ2) is 15.1. The van der Waals surface area contributed by atoms with Crippen LogP contribution in [0.15, 0.2) is 60.7 Å². The van der Waals surface area contributed by atoms with E-state index in [2.05, 4.69) is 13.8 Å². The number of nitrogens with zero attached hydrogens (tertiary/aromatic N) is 1. The van der Waals surface area contributed by atoms with Crippen LogP contribution in [-0.2, 0) is 32.2 Å². The summed E-state index contributed by atoms with van der Waals surface area (Å²) in [6.45, 7) is 12.5. The number of hydrogen-bond donors (Lipinski definition) is 1. The summed E-state index contributed by atoms with van der Waals surface area (Å²) in [6.07, 6.45) is 1.88. The van der Waals surface area contributed by atoms with Gasteiger partial charge in [0.05, 0.1) is 43.7 Å². The lowest BCUT2D eigenvalue weighted by molar-refractivity contribution is -0.138. The van der Waals surface area contributed by atoms with Crippen molar-refractivity contribution >= 4 is 6.09 Å². The fourth-order valence-corrected chi connectivity index (χ4v) is 5.18. The van der Waals surface area contributed by atoms with Crippen molar-refractivity contribution in [1.82, 2.24) is 4.90 Å². The summed E-state index contributed by atoms with van der Waals surface area (Å²) in [6, 6.07) is 19.5. The van der Waals surface area contributed by atoms with Gasteiger partial charge in [-0.2, -0.15) is 0 Å². The van der Waals surface area contributed by atoms with Gasteiger partial charge in [0, 0.05) is 13.5 Å². The SMILES string of the molecule is CCCCC(C)C(C)(O)CO[C@H]1[C@H](N(C)C(=O)OC(C)(C)C)[C@@H](OCc2ccccc2)C[C@H]1OCc1ccccc1. The molecule has 6 atom stereocenters. The first-order valence-corrected chi connectivity index (χ1v) is 15.0. The first kappa shape index (κ1) is 33.1. The van der Waals surface area contributed by atoms with Crippen molar-refractivity contribution in [3.63, 3.8) is 0 Å². The van der Waals surface area contributed by atoms with Crippen LogP contribution in [0.5, 0.6) is 0 Å². The molecule has 1 saturated carbocycles. The van der Waals surface area contributed by atoms with Crippen molar-refractivity contribution in [2.24, 2.45) is 5.92 Å². The molecule has 41 heavy (non-hydrogen) atoms. The minimum atomic E-state index is -1.03. The highest BCUT2D eigenvalue weighted by Gasteiger charge is 2.50. The molecule has 0 aromatic heterocycles. The number of carbonyl (C=O) groups is 1. The van der Waals surface area contributed by atoms with E-state index in [0.29, 0.717) is 19.6 Å². The molecule has 1 amide bonds. The number of carbonyl (C=O) groups excluding carboxylic acids is 1. The van der Waals surface area contributed by atoms with Crippen LogP contribution in [0.2, 0.25) is 0 Å². The Morgan fingerprint density at radius 1 is 0.927 bits per heavy atom. The molecule has 7 heteroatoms. The fraction of sp³-hybridized carbons (Fsp3) is 0.618. The standard InChI is InChI=1S/C34H51NO6/c1-8-9-16-25(2)34(6,37)24-40-31-29(39-23-27-19-14-11-15-20-27)21-28(38-22-26-17-12-10-13-18-26)30(31)35(7)32(36)41-33(3,4)5/h10-15,17-20,25,28-31,37H,8-9,16,21-24H2,1-7H3/t25?,28-,29+,30+,31+,34?/m0/s1. The van der Waals surface area contributed by atoms with Crippen LogP contribution in [0.4, 0.5) is 4.79 Å². The second-order valence-electron chi connectivity index (χ2n) is 12.7. The van der Waals surface area contributed by atoms with E-state index in [1.807, 2.05) is 88.4 Å². The van der Waals surface area contributed by atoms with Gasteiger partial charge in [-0.05, 0) is 51.2 Å². The maximum Gasteiger partial charge on any atom is 0.410 e. The predicted molar refractivity (Wildman–Crippen MR) is 161 cm³/mol. The quantitative estimate of drug-likeness (QED) is 0.271. The van der Waals surface area contributed by atoms with Crippen LogP contribution in [0, 0.1) is 5.92 Å². The molecular formula is C34H51NO6. The molecule has 2 aromatic carbocycles. The first-order chi connectivity index (χ1) is 19.4. The summed E-state index contributed by atoms with van der Waals surface area (Å²) in [7, 11) is 1.73. The van der Waals surface area contributed by atoms with Gasteiger partial charge >= 0.3 is 6.09 Å². The summed E-state index contributed by atoms with van der Waals surface area (Å²) in [5.41, 5.74) is 0.418. The molecule has 7 nitrogen and oxygen atoms in total. The summed E-state index contributed by atoms with van der Waals surface area (Å²) < 4.78 is 25.3. The zero-order chi connectivity index (χ0) is 30.0. The van der Waals surface area contributed by atoms with E-state index in [4.69, 9.17) is 18.9 Å². The summed E-state index contributed by atoms with van der Waals surface area (Å²) in [5, 5.41) is 11.4. The van der Waals surface area contributed by atoms with Crippen molar-refractivity contribution in [2.75, 3.05) is 13.7 Å². The average molecular weight is 570 g/mol. The normalized spacial score (nSPS) is 23.1. The van der Waals surface area contributed by atoms with Crippen LogP contribution in [-0.4, -0.2) is 65.3 Å². The van der Waals surface area contributed by atoms with Crippen molar-refractivity contribution in [3.05, 3.63) is 71.8 Å². The van der Waals surface area contributed by atoms with Crippen LogP contribution in [0.25, 0.3) is 0 Å². The molecule has 1 N–H and O–H groups in total. The van der Waals surface area contributed by atoms with E-state index in [1.54, 1.807) is 11.9 Å². The lowest BCUT2D eigenvalue weighted by atomic mass is 9.87. The Bertz CT molecular complexity index is 1040. The molecule has 0 spiro atoms. The molecule has 228 valence electrons. The third-order valence-electron chi connectivity index (χ3n) is 7.91. The molecule has 1 aliphatic rings. The Morgan fingerprint density at radius 2 is 1.46 bits per heavy atom. The van der Waals surface area contributed by atoms with Crippen molar-refractivity contribution in [1.29, 1.82) is 0 Å². The van der Waals surface area contributed by atoms with Gasteiger partial charge < -0.3 is 29.0 Å². The minimum absolute atomic E-state index is 0.0553. The van der Waals surface area contributed by atoms with E-state index in [0.717, 1.165) is 30.4 Å². The predicted octanol–water partition coefficient (Wildman–Crippen LogP) is 6.76. The summed E-state index contributed by atoms with van der Waals surface area (Å²) in [5.74, 6) is 0.0553. The second-order valence-corrected chi connectivity index (χ2v) is 12.7. The van der Waals surface area contributed by atoms with E-state index in [1.165, 1.54) is 0 Å². The van der Waals surface area contributed by atoms with Gasteiger partial charge in [-0.3, -0.25) is 0 Å². The molecule has 0 bridgehead atoms. The lowest BCUT2D eigenvalue weighted by Crippen LogP contribution is -2.53. The number of amides is 1. The largest absolute Gasteiger partial charge is 0.444 e. The van der Waals surface area contributed by atoms with Gasteiger partial charge in [0.2, 0.25) is 0 Å². The lowest BCUT2D eigenvalue weighted by Gasteiger charge is -2.37. The van der Waals surface area contributed by atoms with E-state index < -0.39 is 29.4 Å². The maximum atomic E-state index is 13.3. The first-order valence-electron chi connectivity index (χ1n) is 15.0. The highest BCUT2D eigenvalue weighted by Crippen LogP contribution is 2.35. The number of unbranched alkanes of at least 4 members (excludes halogenated alkanes) is 1. The van der Waals surface area contributed by atoms with Crippen LogP contribution < -0.4 is 0 Å². The Morgan fingerprint density at radius 3 is 1.98 bits per heavy atom. The number of benzene rings is 2. The van der Waals surface area contributed by atoms with Crippen molar-refractivity contribution in [3.8, 4) is 0 Å². The van der Waals surface area contributed by atoms with Gasteiger partial charge in [-0.15, -0.1) is 0 Å². The number of hydrogen-bond acceptors (Lipinski definition) is 6. The molecule has 0 radical (unpaired) electrons. The Hall–Kier alpha value is -2.45. The van der Waals surface area contributed by atoms with E-state index in [-0.39, 0.29) is 24.7 Å². The van der Waals surface area contributed by atoms with Gasteiger partial charge in [0.15, 0.2) is 0 Å². The van der Waals surface area contributed by atoms with Gasteiger partial charge in [0.25, 0.3) is 0 Å². The molecular weight excluding hydrogens is 518 g/mol. The highest BCUT2D eigenvalue weighted by molar-refractivity contribution is 5.68. The Balaban J connectivity index is 1.87. The van der Waals surface area contributed by atoms with Crippen LogP contribution in [0.1, 0.15) is 78.4 Å². The van der Waals surface area contributed by atoms with Gasteiger partial charge in [0.1, 0.15) is 11.7 Å².